The van der Waals surface area contributed by atoms with Crippen LogP contribution in [0.1, 0.15) is 31.9 Å². The number of carbonyl (C=O) groups excluding carboxylic acids is 3. The Morgan fingerprint density at radius 1 is 0.871 bits per heavy atom. The zero-order valence-electron chi connectivity index (χ0n) is 18.1. The zero-order chi connectivity index (χ0) is 21.6. The van der Waals surface area contributed by atoms with Gasteiger partial charge >= 0.3 is 35.7 Å². The summed E-state index contributed by atoms with van der Waals surface area (Å²) in [5, 5.41) is 11.8. The monoisotopic (exact) mass is 430 g/mol. The summed E-state index contributed by atoms with van der Waals surface area (Å²) in [5.74, 6) is -1.78. The molecule has 156 valence electrons. The third-order valence-corrected chi connectivity index (χ3v) is 5.34. The summed E-state index contributed by atoms with van der Waals surface area (Å²) in [6, 6.07) is 12.3. The molecule has 0 saturated heterocycles. The molecule has 0 aromatic heterocycles. The first kappa shape index (κ1) is 23.3. The van der Waals surface area contributed by atoms with E-state index in [1.54, 1.807) is 57.2 Å². The van der Waals surface area contributed by atoms with Gasteiger partial charge < -0.3 is 19.5 Å². The normalized spacial score (nSPS) is 19.3. The third kappa shape index (κ3) is 4.35. The minimum Gasteiger partial charge on any atom is -0.548 e. The number of fused-ring (bicyclic) bond motifs is 2. The Labute approximate surface area is 203 Å². The van der Waals surface area contributed by atoms with Gasteiger partial charge in [-0.2, -0.15) is 0 Å². The molecule has 0 bridgehead atoms. The van der Waals surface area contributed by atoms with Crippen LogP contribution in [-0.4, -0.2) is 35.7 Å². The van der Waals surface area contributed by atoms with E-state index < -0.39 is 35.7 Å². The largest absolute Gasteiger partial charge is 1.00 e. The van der Waals surface area contributed by atoms with Gasteiger partial charge in [-0.1, -0.05) is 36.4 Å². The maximum absolute atomic E-state index is 13.7. The maximum Gasteiger partial charge on any atom is 1.00 e. The summed E-state index contributed by atoms with van der Waals surface area (Å²) in [6.07, 6.45) is -0.175. The summed E-state index contributed by atoms with van der Waals surface area (Å²) in [4.78, 5) is 41.1. The molecule has 0 spiro atoms. The number of amides is 2. The zero-order valence-corrected chi connectivity index (χ0v) is 20.1. The Morgan fingerprint density at radius 2 is 1.35 bits per heavy atom. The van der Waals surface area contributed by atoms with E-state index in [4.69, 9.17) is 4.74 Å². The predicted molar refractivity (Wildman–Crippen MR) is 109 cm³/mol. The molecular weight excluding hydrogens is 407 g/mol. The van der Waals surface area contributed by atoms with Crippen molar-refractivity contribution < 1.29 is 53.8 Å². The molecule has 2 aromatic carbocycles. The second-order valence-electron chi connectivity index (χ2n) is 8.57. The molecule has 4 rings (SSSR count). The van der Waals surface area contributed by atoms with E-state index in [0.717, 1.165) is 11.1 Å². The van der Waals surface area contributed by atoms with Crippen molar-refractivity contribution in [2.45, 2.75) is 51.3 Å². The molecule has 2 aromatic rings. The fraction of sp³-hybridized carbons (Fsp3) is 0.348. The van der Waals surface area contributed by atoms with Gasteiger partial charge in [0.2, 0.25) is 0 Å². The maximum atomic E-state index is 13.7. The number of rotatable bonds is 2. The van der Waals surface area contributed by atoms with Crippen LogP contribution in [0.2, 0.25) is 0 Å². The molecule has 0 aliphatic carbocycles. The van der Waals surface area contributed by atoms with Crippen LogP contribution in [0.4, 0.5) is 16.2 Å². The van der Waals surface area contributed by atoms with E-state index in [2.05, 4.69) is 0 Å². The molecule has 2 aliphatic heterocycles. The molecule has 2 amide bonds. The van der Waals surface area contributed by atoms with E-state index in [1.807, 2.05) is 12.1 Å². The molecule has 0 radical (unpaired) electrons. The van der Waals surface area contributed by atoms with Gasteiger partial charge in [0.15, 0.2) is 0 Å². The van der Waals surface area contributed by atoms with Crippen molar-refractivity contribution in [3.63, 3.8) is 0 Å². The van der Waals surface area contributed by atoms with Crippen LogP contribution in [0.5, 0.6) is 0 Å². The molecule has 0 N–H and O–H groups in total. The number of benzene rings is 2. The number of carboxylic acids is 1. The first-order chi connectivity index (χ1) is 14.2. The smallest absolute Gasteiger partial charge is 0.548 e. The van der Waals surface area contributed by atoms with Gasteiger partial charge in [-0.25, -0.2) is 4.79 Å². The summed E-state index contributed by atoms with van der Waals surface area (Å²) >= 11 is 0. The van der Waals surface area contributed by atoms with Gasteiger partial charge in [0.25, 0.3) is 5.91 Å². The molecule has 31 heavy (non-hydrogen) atoms. The molecule has 8 heteroatoms. The van der Waals surface area contributed by atoms with Gasteiger partial charge in [-0.05, 0) is 44.0 Å². The van der Waals surface area contributed by atoms with Crippen LogP contribution >= 0.6 is 0 Å². The average Bonchev–Trinajstić information content (AvgIpc) is 3.25. The minimum atomic E-state index is -1.32. The Kier molecular flexibility index (Phi) is 6.51. The minimum absolute atomic E-state index is 0. The van der Waals surface area contributed by atoms with E-state index in [-0.39, 0.29) is 42.4 Å². The molecule has 0 saturated carbocycles. The molecule has 0 fully saturated rings. The first-order valence-electron chi connectivity index (χ1n) is 9.89. The van der Waals surface area contributed by atoms with Crippen LogP contribution in [0.25, 0.3) is 0 Å². The number of carboxylic acid groups (broad SMARTS) is 1. The van der Waals surface area contributed by atoms with Crippen LogP contribution in [0.3, 0.4) is 0 Å². The molecular formula is C23H23N2NaO5. The van der Waals surface area contributed by atoms with E-state index >= 15 is 0 Å². The van der Waals surface area contributed by atoms with Crippen LogP contribution < -0.4 is 44.5 Å². The van der Waals surface area contributed by atoms with Gasteiger partial charge in [-0.3, -0.25) is 9.69 Å². The van der Waals surface area contributed by atoms with Gasteiger partial charge in [0.1, 0.15) is 11.6 Å². The Morgan fingerprint density at radius 3 is 1.87 bits per heavy atom. The topological polar surface area (TPSA) is 90.0 Å². The second-order valence-corrected chi connectivity index (χ2v) is 8.57. The molecule has 0 unspecified atom stereocenters. The number of anilines is 2. The SMILES string of the molecule is CC(C)(C)OC(=O)N1c2ccccc2C[C@H]1C(=O)N1c2ccccc2C[C@H]1C(=O)[O-].[Na+]. The number of para-hydroxylation sites is 2. The van der Waals surface area contributed by atoms with Crippen molar-refractivity contribution in [3.8, 4) is 0 Å². The van der Waals surface area contributed by atoms with Crippen molar-refractivity contribution in [2.75, 3.05) is 9.80 Å². The number of ether oxygens (including phenoxy) is 1. The number of carbonyl (C=O) groups is 3. The van der Waals surface area contributed by atoms with Crippen molar-refractivity contribution in [3.05, 3.63) is 59.7 Å². The number of hydrogen-bond donors (Lipinski definition) is 0. The Hall–Kier alpha value is -2.35. The van der Waals surface area contributed by atoms with E-state index in [0.29, 0.717) is 11.4 Å². The molecule has 7 nitrogen and oxygen atoms in total. The number of nitrogens with zero attached hydrogens (tertiary/aromatic N) is 2. The van der Waals surface area contributed by atoms with Gasteiger partial charge in [-0.15, -0.1) is 0 Å². The fourth-order valence-electron chi connectivity index (χ4n) is 4.13. The molecule has 2 atom stereocenters. The standard InChI is InChI=1S/C23H24N2O5.Na/c1-23(2,3)30-22(29)25-17-11-7-5-8-14(17)12-18(25)20(26)24-16-10-6-4-9-15(16)13-19(24)21(27)28;/h4-11,18-19H,12-13H2,1-3H3,(H,27,28);/q;+1/p-1/t18-,19-;/m0./s1. The summed E-state index contributed by atoms with van der Waals surface area (Å²) in [6.45, 7) is 5.27. The van der Waals surface area contributed by atoms with E-state index in [1.165, 1.54) is 9.80 Å². The van der Waals surface area contributed by atoms with E-state index in [9.17, 15) is 19.5 Å². The molecule has 2 aliphatic rings. The summed E-state index contributed by atoms with van der Waals surface area (Å²) in [7, 11) is 0. The van der Waals surface area contributed by atoms with Crippen molar-refractivity contribution in [1.82, 2.24) is 0 Å². The van der Waals surface area contributed by atoms with Gasteiger partial charge in [0.05, 0.1) is 17.7 Å². The Balaban J connectivity index is 0.00000272. The fourth-order valence-corrected chi connectivity index (χ4v) is 4.13. The van der Waals surface area contributed by atoms with Crippen LogP contribution in [-0.2, 0) is 27.2 Å². The average molecular weight is 430 g/mol. The van der Waals surface area contributed by atoms with Crippen molar-refractivity contribution >= 4 is 29.3 Å². The number of hydrogen-bond acceptors (Lipinski definition) is 5. The summed E-state index contributed by atoms with van der Waals surface area (Å²) < 4.78 is 5.55. The second kappa shape index (κ2) is 8.65. The van der Waals surface area contributed by atoms with Crippen LogP contribution in [0.15, 0.2) is 48.5 Å². The van der Waals surface area contributed by atoms with Crippen molar-refractivity contribution in [1.29, 1.82) is 0 Å². The first-order valence-corrected chi connectivity index (χ1v) is 9.89. The Bertz CT molecular complexity index is 1030. The summed E-state index contributed by atoms with van der Waals surface area (Å²) in [5.41, 5.74) is 1.99. The molecule has 2 heterocycles. The predicted octanol–water partition coefficient (Wildman–Crippen LogP) is -0.935. The quantitative estimate of drug-likeness (QED) is 0.574. The van der Waals surface area contributed by atoms with Crippen molar-refractivity contribution in [2.24, 2.45) is 0 Å². The van der Waals surface area contributed by atoms with Crippen LogP contribution in [0, 0.1) is 0 Å². The number of aliphatic carboxylic acids is 1. The van der Waals surface area contributed by atoms with Gasteiger partial charge in [0, 0.05) is 18.5 Å². The third-order valence-electron chi connectivity index (χ3n) is 5.34.